The molecule has 0 radical (unpaired) electrons. The van der Waals surface area contributed by atoms with Gasteiger partial charge in [-0.25, -0.2) is 14.2 Å². The van der Waals surface area contributed by atoms with Crippen LogP contribution in [0.1, 0.15) is 77.2 Å². The third-order valence-electron chi connectivity index (χ3n) is 8.18. The molecule has 0 spiro atoms. The van der Waals surface area contributed by atoms with Gasteiger partial charge < -0.3 is 9.47 Å². The molecule has 3 aromatic rings. The number of rotatable bonds is 12. The summed E-state index contributed by atoms with van der Waals surface area (Å²) in [4.78, 5) is 24.2. The minimum absolute atomic E-state index is 0.0122. The highest BCUT2D eigenvalue weighted by atomic mass is 19.4. The number of hydrogen-bond acceptors (Lipinski definition) is 8. The SMILES string of the molecule is CCOC(=O)c1ccc2c(c1)C(CCCOC(F)(F)F)C(CN1CCC(c3cccc(OCc4ccc(C#N)cc4F)n3)CC1)=N2. The third-order valence-corrected chi connectivity index (χ3v) is 8.18. The summed E-state index contributed by atoms with van der Waals surface area (Å²) in [6.45, 7) is 3.57. The van der Waals surface area contributed by atoms with Crippen molar-refractivity contribution in [1.82, 2.24) is 9.88 Å². The lowest BCUT2D eigenvalue weighted by atomic mass is 9.89. The summed E-state index contributed by atoms with van der Waals surface area (Å²) in [5.74, 6) is -0.619. The van der Waals surface area contributed by atoms with Crippen LogP contribution in [-0.2, 0) is 16.1 Å². The van der Waals surface area contributed by atoms with Crippen molar-refractivity contribution in [1.29, 1.82) is 5.26 Å². The number of carbonyl (C=O) groups excluding carboxylic acids is 1. The molecule has 8 nitrogen and oxygen atoms in total. The highest BCUT2D eigenvalue weighted by Crippen LogP contribution is 2.40. The fourth-order valence-corrected chi connectivity index (χ4v) is 5.87. The highest BCUT2D eigenvalue weighted by Gasteiger charge is 2.32. The van der Waals surface area contributed by atoms with Crippen molar-refractivity contribution in [3.8, 4) is 11.9 Å². The number of likely N-dealkylation sites (tertiary alicyclic amines) is 1. The molecule has 2 aliphatic rings. The van der Waals surface area contributed by atoms with Crippen LogP contribution in [0.4, 0.5) is 23.2 Å². The lowest BCUT2D eigenvalue weighted by molar-refractivity contribution is -0.324. The van der Waals surface area contributed by atoms with E-state index < -0.39 is 24.8 Å². The van der Waals surface area contributed by atoms with Gasteiger partial charge in [0.2, 0.25) is 5.88 Å². The Morgan fingerprint density at radius 2 is 1.91 bits per heavy atom. The Kier molecular flexibility index (Phi) is 10.7. The van der Waals surface area contributed by atoms with Gasteiger partial charge in [0.05, 0.1) is 36.1 Å². The predicted octanol–water partition coefficient (Wildman–Crippen LogP) is 7.21. The maximum atomic E-state index is 14.3. The number of fused-ring (bicyclic) bond motifs is 1. The second kappa shape index (κ2) is 14.8. The zero-order valence-electron chi connectivity index (χ0n) is 25.4. The second-order valence-corrected chi connectivity index (χ2v) is 11.2. The molecule has 1 atom stereocenters. The molecular formula is C34H34F4N4O4. The van der Waals surface area contributed by atoms with E-state index in [4.69, 9.17) is 19.7 Å². The number of ether oxygens (including phenoxy) is 3. The Labute approximate surface area is 264 Å². The van der Waals surface area contributed by atoms with Crippen molar-refractivity contribution in [2.24, 2.45) is 4.99 Å². The van der Waals surface area contributed by atoms with Gasteiger partial charge in [0.1, 0.15) is 12.4 Å². The van der Waals surface area contributed by atoms with Gasteiger partial charge in [0, 0.05) is 41.4 Å². The zero-order chi connectivity index (χ0) is 32.7. The molecule has 0 N–H and O–H groups in total. The Bertz CT molecular complexity index is 1610. The molecule has 46 heavy (non-hydrogen) atoms. The Balaban J connectivity index is 1.20. The number of benzene rings is 2. The molecule has 0 aliphatic carbocycles. The summed E-state index contributed by atoms with van der Waals surface area (Å²) in [5.41, 5.74) is 4.22. The van der Waals surface area contributed by atoms with E-state index >= 15 is 0 Å². The molecule has 0 saturated carbocycles. The number of halogens is 4. The van der Waals surface area contributed by atoms with Gasteiger partial charge in [-0.3, -0.25) is 14.6 Å². The summed E-state index contributed by atoms with van der Waals surface area (Å²) >= 11 is 0. The first-order valence-electron chi connectivity index (χ1n) is 15.2. The van der Waals surface area contributed by atoms with Gasteiger partial charge in [0.25, 0.3) is 0 Å². The lowest BCUT2D eigenvalue weighted by Gasteiger charge is -2.32. The van der Waals surface area contributed by atoms with Crippen LogP contribution in [0.2, 0.25) is 0 Å². The van der Waals surface area contributed by atoms with Crippen LogP contribution in [0.15, 0.2) is 59.6 Å². The highest BCUT2D eigenvalue weighted by molar-refractivity contribution is 6.01. The second-order valence-electron chi connectivity index (χ2n) is 11.2. The predicted molar refractivity (Wildman–Crippen MR) is 162 cm³/mol. The topological polar surface area (TPSA) is 97.0 Å². The van der Waals surface area contributed by atoms with Crippen LogP contribution in [0, 0.1) is 17.1 Å². The average molecular weight is 639 g/mol. The number of aromatic nitrogens is 1. The molecule has 2 aliphatic heterocycles. The van der Waals surface area contributed by atoms with E-state index in [1.165, 1.54) is 12.1 Å². The van der Waals surface area contributed by atoms with Crippen LogP contribution in [-0.4, -0.2) is 60.8 Å². The molecular weight excluding hydrogens is 604 g/mol. The summed E-state index contributed by atoms with van der Waals surface area (Å²) in [5, 5.41) is 8.94. The van der Waals surface area contributed by atoms with Gasteiger partial charge in [-0.2, -0.15) is 5.26 Å². The average Bonchev–Trinajstić information content (AvgIpc) is 3.38. The van der Waals surface area contributed by atoms with Crippen LogP contribution in [0.25, 0.3) is 0 Å². The van der Waals surface area contributed by atoms with Gasteiger partial charge in [-0.05, 0) is 87.7 Å². The van der Waals surface area contributed by atoms with E-state index in [1.807, 2.05) is 18.2 Å². The Morgan fingerprint density at radius 3 is 2.63 bits per heavy atom. The van der Waals surface area contributed by atoms with E-state index in [2.05, 4.69) is 14.6 Å². The van der Waals surface area contributed by atoms with E-state index in [0.717, 1.165) is 42.9 Å². The number of piperidine rings is 1. The number of alkyl halides is 3. The maximum absolute atomic E-state index is 14.3. The first-order chi connectivity index (χ1) is 22.1. The van der Waals surface area contributed by atoms with Gasteiger partial charge in [-0.15, -0.1) is 13.2 Å². The van der Waals surface area contributed by atoms with Crippen molar-refractivity contribution in [2.75, 3.05) is 32.8 Å². The number of carbonyl (C=O) groups is 1. The molecule has 3 heterocycles. The maximum Gasteiger partial charge on any atom is 0.522 e. The van der Waals surface area contributed by atoms with Gasteiger partial charge in [-0.1, -0.05) is 12.1 Å². The number of nitrogens with zero attached hydrogens (tertiary/aromatic N) is 4. The quantitative estimate of drug-likeness (QED) is 0.117. The van der Waals surface area contributed by atoms with Crippen molar-refractivity contribution >= 4 is 17.4 Å². The Hall–Kier alpha value is -4.34. The summed E-state index contributed by atoms with van der Waals surface area (Å²) in [6.07, 6.45) is -2.45. The fraction of sp³-hybridized carbons (Fsp3) is 0.412. The smallest absolute Gasteiger partial charge is 0.473 e. The monoisotopic (exact) mass is 638 g/mol. The first kappa shape index (κ1) is 33.0. The largest absolute Gasteiger partial charge is 0.522 e. The van der Waals surface area contributed by atoms with E-state index in [1.54, 1.807) is 37.3 Å². The zero-order valence-corrected chi connectivity index (χ0v) is 25.4. The molecule has 1 fully saturated rings. The Morgan fingerprint density at radius 1 is 1.11 bits per heavy atom. The molecule has 5 rings (SSSR count). The molecule has 2 aromatic carbocycles. The fourth-order valence-electron chi connectivity index (χ4n) is 5.87. The molecule has 1 unspecified atom stereocenters. The lowest BCUT2D eigenvalue weighted by Crippen LogP contribution is -2.38. The van der Waals surface area contributed by atoms with Gasteiger partial charge >= 0.3 is 12.3 Å². The van der Waals surface area contributed by atoms with Gasteiger partial charge in [0.15, 0.2) is 0 Å². The van der Waals surface area contributed by atoms with Crippen LogP contribution >= 0.6 is 0 Å². The minimum Gasteiger partial charge on any atom is -0.473 e. The number of nitriles is 1. The summed E-state index contributed by atoms with van der Waals surface area (Å²) in [6, 6.07) is 16.9. The summed E-state index contributed by atoms with van der Waals surface area (Å²) in [7, 11) is 0. The van der Waals surface area contributed by atoms with Crippen molar-refractivity contribution < 1.29 is 36.6 Å². The molecule has 0 bridgehead atoms. The van der Waals surface area contributed by atoms with Crippen molar-refractivity contribution in [3.63, 3.8) is 0 Å². The first-order valence-corrected chi connectivity index (χ1v) is 15.2. The van der Waals surface area contributed by atoms with Crippen LogP contribution in [0.5, 0.6) is 5.88 Å². The van der Waals surface area contributed by atoms with Crippen molar-refractivity contribution in [3.05, 3.63) is 88.4 Å². The third kappa shape index (κ3) is 8.47. The molecule has 0 amide bonds. The van der Waals surface area contributed by atoms with E-state index in [-0.39, 0.29) is 37.0 Å². The van der Waals surface area contributed by atoms with Crippen LogP contribution < -0.4 is 4.74 Å². The number of hydrogen-bond donors (Lipinski definition) is 0. The normalized spacial score (nSPS) is 16.9. The number of aliphatic imine (C=N–C) groups is 1. The molecule has 1 aromatic heterocycles. The number of esters is 1. The van der Waals surface area contributed by atoms with Crippen LogP contribution in [0.3, 0.4) is 0 Å². The standard InChI is InChI=1S/C34H34F4N4O4/c1-2-44-33(43)24-10-11-30-27(18-24)26(5-4-16-46-34(36,37)38)31(40-30)20-42-14-12-23(13-15-42)29-6-3-7-32(41-29)45-21-25-9-8-22(19-39)17-28(25)35/h3,6-11,17-18,23,26H,2,4-5,12-16,20-21H2,1H3. The molecule has 12 heteroatoms. The van der Waals surface area contributed by atoms with E-state index in [0.29, 0.717) is 35.7 Å². The minimum atomic E-state index is -4.69. The number of pyridine rings is 1. The molecule has 1 saturated heterocycles. The molecule has 242 valence electrons. The summed E-state index contributed by atoms with van der Waals surface area (Å²) < 4.78 is 66.9. The van der Waals surface area contributed by atoms with E-state index in [9.17, 15) is 22.4 Å². The van der Waals surface area contributed by atoms with Crippen molar-refractivity contribution in [2.45, 2.75) is 57.4 Å².